The first-order chi connectivity index (χ1) is 8.71. The van der Waals surface area contributed by atoms with Crippen molar-refractivity contribution in [1.82, 2.24) is 4.31 Å². The lowest BCUT2D eigenvalue weighted by molar-refractivity contribution is 0.394. The van der Waals surface area contributed by atoms with Crippen LogP contribution in [0.3, 0.4) is 0 Å². The zero-order valence-electron chi connectivity index (χ0n) is 12.1. The molecule has 1 aromatic carbocycles. The molecule has 0 aliphatic heterocycles. The van der Waals surface area contributed by atoms with Crippen molar-refractivity contribution in [1.29, 1.82) is 0 Å². The van der Waals surface area contributed by atoms with Crippen molar-refractivity contribution in [3.8, 4) is 0 Å². The van der Waals surface area contributed by atoms with Crippen LogP contribution in [0.4, 0.5) is 0 Å². The second-order valence-electron chi connectivity index (χ2n) is 4.95. The van der Waals surface area contributed by atoms with E-state index in [-0.39, 0.29) is 40.8 Å². The van der Waals surface area contributed by atoms with Crippen molar-refractivity contribution < 1.29 is 8.42 Å². The number of hydrogen-bond donors (Lipinski definition) is 1. The molecule has 0 fully saturated rings. The molecule has 116 valence electrons. The monoisotopic (exact) mass is 340 g/mol. The van der Waals surface area contributed by atoms with Gasteiger partial charge in [-0.05, 0) is 30.5 Å². The summed E-state index contributed by atoms with van der Waals surface area (Å²) in [6, 6.07) is 4.84. The third-order valence-corrected chi connectivity index (χ3v) is 5.69. The second-order valence-corrected chi connectivity index (χ2v) is 7.32. The number of sulfonamides is 1. The van der Waals surface area contributed by atoms with Crippen molar-refractivity contribution in [2.75, 3.05) is 13.6 Å². The summed E-state index contributed by atoms with van der Waals surface area (Å²) in [5.41, 5.74) is 6.47. The van der Waals surface area contributed by atoms with E-state index < -0.39 is 10.0 Å². The van der Waals surface area contributed by atoms with E-state index >= 15 is 0 Å². The highest BCUT2D eigenvalue weighted by molar-refractivity contribution is 7.89. The molecule has 1 aromatic rings. The van der Waals surface area contributed by atoms with Gasteiger partial charge in [-0.2, -0.15) is 4.31 Å². The van der Waals surface area contributed by atoms with Gasteiger partial charge in [0.25, 0.3) is 0 Å². The van der Waals surface area contributed by atoms with Gasteiger partial charge >= 0.3 is 0 Å². The van der Waals surface area contributed by atoms with E-state index in [0.29, 0.717) is 0 Å². The Morgan fingerprint density at radius 3 is 2.30 bits per heavy atom. The Morgan fingerprint density at radius 1 is 1.30 bits per heavy atom. The molecular weight excluding hydrogens is 319 g/mol. The predicted molar refractivity (Wildman–Crippen MR) is 86.3 cm³/mol. The average Bonchev–Trinajstić information content (AvgIpc) is 2.36. The first-order valence-corrected chi connectivity index (χ1v) is 8.01. The molecule has 0 aromatic heterocycles. The van der Waals surface area contributed by atoms with E-state index in [1.807, 2.05) is 19.9 Å². The summed E-state index contributed by atoms with van der Waals surface area (Å²) in [6.45, 7) is 6.03. The van der Waals surface area contributed by atoms with Crippen LogP contribution in [-0.4, -0.2) is 32.4 Å². The molecule has 0 saturated heterocycles. The predicted octanol–water partition coefficient (Wildman–Crippen LogP) is 2.85. The number of nitrogens with two attached hydrogens (primary N) is 1. The van der Waals surface area contributed by atoms with Crippen LogP contribution in [-0.2, 0) is 10.0 Å². The molecule has 0 spiro atoms. The van der Waals surface area contributed by atoms with Gasteiger partial charge in [0, 0.05) is 19.6 Å². The molecule has 0 amide bonds. The maximum Gasteiger partial charge on any atom is 0.244 e. The molecule has 0 aliphatic rings. The molecule has 0 saturated carbocycles. The molecule has 1 unspecified atom stereocenters. The normalized spacial score (nSPS) is 13.4. The highest BCUT2D eigenvalue weighted by Gasteiger charge is 2.27. The number of likely N-dealkylation sites (N-methyl/N-ethyl adjacent to an activating group) is 1. The van der Waals surface area contributed by atoms with Gasteiger partial charge in [-0.15, -0.1) is 12.4 Å². The second kappa shape index (κ2) is 7.61. The summed E-state index contributed by atoms with van der Waals surface area (Å²) in [4.78, 5) is 0.142. The minimum absolute atomic E-state index is 0. The Balaban J connectivity index is 0.00000361. The summed E-state index contributed by atoms with van der Waals surface area (Å²) in [6.07, 6.45) is 0. The lowest BCUT2D eigenvalue weighted by atomic mass is 10.0. The van der Waals surface area contributed by atoms with Gasteiger partial charge in [0.2, 0.25) is 10.0 Å². The summed E-state index contributed by atoms with van der Waals surface area (Å²) in [5, 5.41) is 0.237. The van der Waals surface area contributed by atoms with Gasteiger partial charge in [0.05, 0.1) is 5.02 Å². The van der Waals surface area contributed by atoms with Crippen LogP contribution in [0.2, 0.25) is 5.02 Å². The Bertz CT molecular complexity index is 547. The van der Waals surface area contributed by atoms with Gasteiger partial charge in [-0.3, -0.25) is 0 Å². The fourth-order valence-electron chi connectivity index (χ4n) is 1.62. The zero-order valence-corrected chi connectivity index (χ0v) is 14.5. The van der Waals surface area contributed by atoms with Gasteiger partial charge in [-0.25, -0.2) is 8.42 Å². The van der Waals surface area contributed by atoms with Crippen molar-refractivity contribution in [2.45, 2.75) is 37.6 Å². The van der Waals surface area contributed by atoms with Crippen LogP contribution < -0.4 is 5.73 Å². The minimum atomic E-state index is -3.62. The molecule has 0 heterocycles. The van der Waals surface area contributed by atoms with Crippen LogP contribution in [0.5, 0.6) is 0 Å². The smallest absolute Gasteiger partial charge is 0.244 e. The van der Waals surface area contributed by atoms with Crippen LogP contribution in [0, 0.1) is 0 Å². The Kier molecular flexibility index (Phi) is 7.49. The quantitative estimate of drug-likeness (QED) is 0.896. The fourth-order valence-corrected chi connectivity index (χ4v) is 3.50. The molecule has 20 heavy (non-hydrogen) atoms. The highest BCUT2D eigenvalue weighted by Crippen LogP contribution is 2.28. The highest BCUT2D eigenvalue weighted by atomic mass is 35.5. The van der Waals surface area contributed by atoms with E-state index in [9.17, 15) is 8.42 Å². The van der Waals surface area contributed by atoms with Gasteiger partial charge in [0.15, 0.2) is 0 Å². The molecule has 1 rings (SSSR count). The topological polar surface area (TPSA) is 63.4 Å². The third kappa shape index (κ3) is 4.09. The Hall–Kier alpha value is -0.330. The first-order valence-electron chi connectivity index (χ1n) is 6.19. The largest absolute Gasteiger partial charge is 0.329 e. The van der Waals surface area contributed by atoms with Crippen molar-refractivity contribution in [3.63, 3.8) is 0 Å². The molecule has 1 atom stereocenters. The van der Waals surface area contributed by atoms with E-state index in [2.05, 4.69) is 0 Å². The van der Waals surface area contributed by atoms with E-state index in [4.69, 9.17) is 17.3 Å². The lowest BCUT2D eigenvalue weighted by Crippen LogP contribution is -2.39. The van der Waals surface area contributed by atoms with Gasteiger partial charge in [0.1, 0.15) is 4.90 Å². The molecule has 0 bridgehead atoms. The lowest BCUT2D eigenvalue weighted by Gasteiger charge is -2.24. The number of nitrogens with zero attached hydrogens (tertiary/aromatic N) is 1. The summed E-state index contributed by atoms with van der Waals surface area (Å²) in [5.74, 6) is 0.239. The fraction of sp³-hybridized carbons (Fsp3) is 0.538. The minimum Gasteiger partial charge on any atom is -0.329 e. The Morgan fingerprint density at radius 2 is 1.85 bits per heavy atom. The number of rotatable bonds is 5. The van der Waals surface area contributed by atoms with Crippen LogP contribution >= 0.6 is 24.0 Å². The number of benzene rings is 1. The molecular formula is C13H22Cl2N2O2S. The Labute approximate surface area is 132 Å². The van der Waals surface area contributed by atoms with Crippen molar-refractivity contribution in [2.24, 2.45) is 5.73 Å². The SMILES string of the molecule is CC(C)c1ccc(Cl)c(S(=O)(=O)N(C)C(C)CN)c1.Cl. The molecule has 2 N–H and O–H groups in total. The van der Waals surface area contributed by atoms with E-state index in [0.717, 1.165) is 5.56 Å². The van der Waals surface area contributed by atoms with Gasteiger partial charge in [-0.1, -0.05) is 31.5 Å². The van der Waals surface area contributed by atoms with Crippen molar-refractivity contribution >= 4 is 34.0 Å². The van der Waals surface area contributed by atoms with Crippen LogP contribution in [0.25, 0.3) is 0 Å². The molecule has 7 heteroatoms. The standard InChI is InChI=1S/C13H21ClN2O2S.ClH/c1-9(2)11-5-6-12(14)13(7-11)19(17,18)16(4)10(3)8-15;/h5-7,9-10H,8,15H2,1-4H3;1H. The first kappa shape index (κ1) is 19.7. The summed E-state index contributed by atoms with van der Waals surface area (Å²) < 4.78 is 26.3. The van der Waals surface area contributed by atoms with Crippen molar-refractivity contribution in [3.05, 3.63) is 28.8 Å². The number of halogens is 2. The van der Waals surface area contributed by atoms with Gasteiger partial charge < -0.3 is 5.73 Å². The van der Waals surface area contributed by atoms with Crippen LogP contribution in [0.15, 0.2) is 23.1 Å². The third-order valence-electron chi connectivity index (χ3n) is 3.24. The zero-order chi connectivity index (χ0) is 14.8. The molecule has 0 radical (unpaired) electrons. The average molecular weight is 341 g/mol. The van der Waals surface area contributed by atoms with E-state index in [1.165, 1.54) is 11.4 Å². The molecule has 4 nitrogen and oxygen atoms in total. The molecule has 0 aliphatic carbocycles. The summed E-state index contributed by atoms with van der Waals surface area (Å²) in [7, 11) is -2.10. The number of hydrogen-bond acceptors (Lipinski definition) is 3. The maximum absolute atomic E-state index is 12.5. The van der Waals surface area contributed by atoms with Crippen LogP contribution in [0.1, 0.15) is 32.3 Å². The van der Waals surface area contributed by atoms with E-state index in [1.54, 1.807) is 19.1 Å². The maximum atomic E-state index is 12.5. The summed E-state index contributed by atoms with van der Waals surface area (Å²) >= 11 is 6.04.